The van der Waals surface area contributed by atoms with Gasteiger partial charge in [-0.25, -0.2) is 0 Å². The Morgan fingerprint density at radius 1 is 1.07 bits per heavy atom. The first-order valence-electron chi connectivity index (χ1n) is 4.58. The lowest BCUT2D eigenvalue weighted by molar-refractivity contribution is 0.584. The van der Waals surface area contributed by atoms with Crippen molar-refractivity contribution in [3.8, 4) is 0 Å². The Hall–Kier alpha value is -1.07. The Bertz CT molecular complexity index is 340. The molecule has 0 aliphatic rings. The molecule has 0 heterocycles. The van der Waals surface area contributed by atoms with Crippen molar-refractivity contribution in [2.45, 2.75) is 0 Å². The number of rotatable bonds is 5. The van der Waals surface area contributed by atoms with E-state index in [1.807, 2.05) is 30.3 Å². The van der Waals surface area contributed by atoms with Crippen LogP contribution in [0.2, 0.25) is 0 Å². The molecule has 0 atom stereocenters. The van der Waals surface area contributed by atoms with Gasteiger partial charge in [-0.2, -0.15) is 0 Å². The van der Waals surface area contributed by atoms with E-state index in [0.717, 1.165) is 5.30 Å². The van der Waals surface area contributed by atoms with Gasteiger partial charge < -0.3 is 4.57 Å². The average Bonchev–Trinajstić information content (AvgIpc) is 2.20. The van der Waals surface area contributed by atoms with Crippen molar-refractivity contribution in [1.29, 1.82) is 0 Å². The Kier molecular flexibility index (Phi) is 3.91. The second-order valence-corrected chi connectivity index (χ2v) is 6.19. The summed E-state index contributed by atoms with van der Waals surface area (Å²) in [6, 6.07) is 9.57. The molecule has 0 N–H and O–H groups in total. The number of benzene rings is 1. The van der Waals surface area contributed by atoms with E-state index >= 15 is 0 Å². The first kappa shape index (κ1) is 11.0. The highest BCUT2D eigenvalue weighted by molar-refractivity contribution is 7.71. The van der Waals surface area contributed by atoms with Gasteiger partial charge in [0.25, 0.3) is 0 Å². The molecule has 0 fully saturated rings. The molecule has 0 aromatic heterocycles. The molecule has 0 saturated carbocycles. The minimum Gasteiger partial charge on any atom is -0.318 e. The fraction of sp³-hybridized carbons (Fsp3) is 0.167. The second-order valence-electron chi connectivity index (χ2n) is 3.17. The highest BCUT2D eigenvalue weighted by atomic mass is 31.2. The molecule has 0 bridgehead atoms. The molecule has 1 nitrogen and oxygen atoms in total. The van der Waals surface area contributed by atoms with E-state index in [9.17, 15) is 4.57 Å². The third-order valence-electron chi connectivity index (χ3n) is 2.07. The molecule has 0 spiro atoms. The van der Waals surface area contributed by atoms with Gasteiger partial charge in [-0.3, -0.25) is 0 Å². The molecule has 74 valence electrons. The molecule has 0 aliphatic carbocycles. The summed E-state index contributed by atoms with van der Waals surface area (Å²) in [5, 5.41) is 0.916. The lowest BCUT2D eigenvalue weighted by Gasteiger charge is -2.14. The van der Waals surface area contributed by atoms with Gasteiger partial charge >= 0.3 is 0 Å². The summed E-state index contributed by atoms with van der Waals surface area (Å²) < 4.78 is 12.5. The lowest BCUT2D eigenvalue weighted by atomic mass is 10.4. The average molecular weight is 206 g/mol. The first-order valence-corrected chi connectivity index (χ1v) is 6.66. The molecule has 1 aromatic carbocycles. The maximum Gasteiger partial charge on any atom is 0.122 e. The topological polar surface area (TPSA) is 17.1 Å². The molecular formula is C12H15OP. The van der Waals surface area contributed by atoms with Crippen LogP contribution in [-0.4, -0.2) is 12.3 Å². The molecule has 0 unspecified atom stereocenters. The van der Waals surface area contributed by atoms with Crippen LogP contribution < -0.4 is 5.30 Å². The van der Waals surface area contributed by atoms with Crippen molar-refractivity contribution in [1.82, 2.24) is 0 Å². The summed E-state index contributed by atoms with van der Waals surface area (Å²) in [6.45, 7) is 7.29. The standard InChI is InChI=1S/C12H15OP/c1-3-10-14(13,11-4-2)12-8-6-5-7-9-12/h3-9H,1-2,10-11H2. The van der Waals surface area contributed by atoms with E-state index in [-0.39, 0.29) is 0 Å². The summed E-state index contributed by atoms with van der Waals surface area (Å²) in [4.78, 5) is 0. The van der Waals surface area contributed by atoms with Gasteiger partial charge in [0.1, 0.15) is 7.14 Å². The highest BCUT2D eigenvalue weighted by Gasteiger charge is 2.20. The van der Waals surface area contributed by atoms with E-state index in [1.54, 1.807) is 12.2 Å². The molecule has 0 amide bonds. The van der Waals surface area contributed by atoms with Crippen LogP contribution >= 0.6 is 7.14 Å². The zero-order chi connectivity index (χ0) is 10.4. The fourth-order valence-electron chi connectivity index (χ4n) is 1.40. The molecule has 1 rings (SSSR count). The van der Waals surface area contributed by atoms with E-state index in [4.69, 9.17) is 0 Å². The minimum atomic E-state index is -2.31. The Morgan fingerprint density at radius 2 is 1.57 bits per heavy atom. The highest BCUT2D eigenvalue weighted by Crippen LogP contribution is 2.44. The second kappa shape index (κ2) is 4.97. The van der Waals surface area contributed by atoms with E-state index < -0.39 is 7.14 Å². The Labute approximate surface area is 85.5 Å². The van der Waals surface area contributed by atoms with Gasteiger partial charge in [-0.1, -0.05) is 42.5 Å². The van der Waals surface area contributed by atoms with Crippen molar-refractivity contribution >= 4 is 12.4 Å². The largest absolute Gasteiger partial charge is 0.318 e. The van der Waals surface area contributed by atoms with Crippen LogP contribution in [0, 0.1) is 0 Å². The summed E-state index contributed by atoms with van der Waals surface area (Å²) in [7, 11) is -2.31. The predicted octanol–water partition coefficient (Wildman–Crippen LogP) is 3.05. The van der Waals surface area contributed by atoms with Gasteiger partial charge in [0.05, 0.1) is 0 Å². The van der Waals surface area contributed by atoms with Crippen LogP contribution in [0.25, 0.3) is 0 Å². The van der Waals surface area contributed by atoms with Gasteiger partial charge in [0, 0.05) is 17.6 Å². The van der Waals surface area contributed by atoms with Crippen LogP contribution in [0.5, 0.6) is 0 Å². The SMILES string of the molecule is C=CCP(=O)(CC=C)c1ccccc1. The lowest BCUT2D eigenvalue weighted by Crippen LogP contribution is -2.08. The van der Waals surface area contributed by atoms with Crippen molar-refractivity contribution in [2.24, 2.45) is 0 Å². The van der Waals surface area contributed by atoms with Crippen molar-refractivity contribution in [3.05, 3.63) is 55.6 Å². The van der Waals surface area contributed by atoms with Crippen LogP contribution in [0.15, 0.2) is 55.6 Å². The minimum absolute atomic E-state index is 0.545. The third-order valence-corrected chi connectivity index (χ3v) is 5.01. The Balaban J connectivity index is 3.05. The third kappa shape index (κ3) is 2.46. The normalized spacial score (nSPS) is 10.9. The molecule has 0 saturated heterocycles. The molecule has 14 heavy (non-hydrogen) atoms. The zero-order valence-corrected chi connectivity index (χ0v) is 9.12. The quantitative estimate of drug-likeness (QED) is 0.534. The summed E-state index contributed by atoms with van der Waals surface area (Å²) >= 11 is 0. The van der Waals surface area contributed by atoms with Crippen LogP contribution in [0.4, 0.5) is 0 Å². The van der Waals surface area contributed by atoms with Gasteiger partial charge in [0.2, 0.25) is 0 Å². The van der Waals surface area contributed by atoms with Crippen LogP contribution in [0.3, 0.4) is 0 Å². The van der Waals surface area contributed by atoms with Crippen molar-refractivity contribution in [3.63, 3.8) is 0 Å². The fourth-order valence-corrected chi connectivity index (χ4v) is 3.52. The van der Waals surface area contributed by atoms with Gasteiger partial charge in [0.15, 0.2) is 0 Å². The van der Waals surface area contributed by atoms with Crippen molar-refractivity contribution in [2.75, 3.05) is 12.3 Å². The van der Waals surface area contributed by atoms with E-state index in [2.05, 4.69) is 13.2 Å². The first-order chi connectivity index (χ1) is 6.73. The number of hydrogen-bond acceptors (Lipinski definition) is 1. The maximum absolute atomic E-state index is 12.5. The molecular weight excluding hydrogens is 191 g/mol. The molecule has 2 heteroatoms. The summed E-state index contributed by atoms with van der Waals surface area (Å²) in [6.07, 6.45) is 4.53. The smallest absolute Gasteiger partial charge is 0.122 e. The van der Waals surface area contributed by atoms with Crippen molar-refractivity contribution < 1.29 is 4.57 Å². The predicted molar refractivity (Wildman–Crippen MR) is 63.8 cm³/mol. The summed E-state index contributed by atoms with van der Waals surface area (Å²) in [5.74, 6) is 0. The number of hydrogen-bond donors (Lipinski definition) is 0. The molecule has 0 aliphatic heterocycles. The van der Waals surface area contributed by atoms with E-state index in [0.29, 0.717) is 12.3 Å². The molecule has 1 aromatic rings. The van der Waals surface area contributed by atoms with Crippen LogP contribution in [-0.2, 0) is 4.57 Å². The van der Waals surface area contributed by atoms with Gasteiger partial charge in [-0.15, -0.1) is 13.2 Å². The van der Waals surface area contributed by atoms with E-state index in [1.165, 1.54) is 0 Å². The maximum atomic E-state index is 12.5. The van der Waals surface area contributed by atoms with Gasteiger partial charge in [-0.05, 0) is 0 Å². The Morgan fingerprint density at radius 3 is 2.00 bits per heavy atom. The molecule has 0 radical (unpaired) electrons. The zero-order valence-electron chi connectivity index (χ0n) is 8.23. The van der Waals surface area contributed by atoms with Crippen LogP contribution in [0.1, 0.15) is 0 Å². The number of allylic oxidation sites excluding steroid dienone is 2. The monoisotopic (exact) mass is 206 g/mol. The summed E-state index contributed by atoms with van der Waals surface area (Å²) in [5.41, 5.74) is 0.